The van der Waals surface area contributed by atoms with E-state index in [2.05, 4.69) is 12.2 Å². The Morgan fingerprint density at radius 3 is 2.46 bits per heavy atom. The van der Waals surface area contributed by atoms with Gasteiger partial charge in [0.15, 0.2) is 0 Å². The highest BCUT2D eigenvalue weighted by atomic mass is 16.5. The number of rotatable bonds is 6. The monoisotopic (exact) mass is 325 g/mol. The summed E-state index contributed by atoms with van der Waals surface area (Å²) in [6.45, 7) is 2.05. The molecule has 5 heteroatoms. The highest BCUT2D eigenvalue weighted by Gasteiger charge is 2.04. The van der Waals surface area contributed by atoms with Crippen molar-refractivity contribution in [3.63, 3.8) is 0 Å². The number of aromatic carboxylic acids is 1. The van der Waals surface area contributed by atoms with Gasteiger partial charge in [-0.25, -0.2) is 4.79 Å². The van der Waals surface area contributed by atoms with E-state index in [9.17, 15) is 9.59 Å². The second kappa shape index (κ2) is 7.97. The fraction of sp³-hybridized carbons (Fsp3) is 0.158. The summed E-state index contributed by atoms with van der Waals surface area (Å²) in [6, 6.07) is 11.8. The van der Waals surface area contributed by atoms with E-state index >= 15 is 0 Å². The fourth-order valence-corrected chi connectivity index (χ4v) is 2.21. The minimum atomic E-state index is -1.00. The third kappa shape index (κ3) is 4.46. The first-order valence-corrected chi connectivity index (χ1v) is 7.52. The van der Waals surface area contributed by atoms with E-state index in [1.165, 1.54) is 18.2 Å². The van der Waals surface area contributed by atoms with Gasteiger partial charge >= 0.3 is 5.97 Å². The molecule has 24 heavy (non-hydrogen) atoms. The van der Waals surface area contributed by atoms with Gasteiger partial charge in [-0.3, -0.25) is 4.79 Å². The number of nitrogens with one attached hydrogen (secondary N) is 1. The molecule has 2 aromatic rings. The molecular formula is C19H19NO4. The van der Waals surface area contributed by atoms with E-state index in [0.717, 1.165) is 23.3 Å². The average Bonchev–Trinajstić information content (AvgIpc) is 2.60. The quantitative estimate of drug-likeness (QED) is 0.796. The summed E-state index contributed by atoms with van der Waals surface area (Å²) in [5.41, 5.74) is 2.68. The summed E-state index contributed by atoms with van der Waals surface area (Å²) in [5, 5.41) is 11.5. The van der Waals surface area contributed by atoms with Crippen molar-refractivity contribution in [2.75, 3.05) is 12.4 Å². The van der Waals surface area contributed by atoms with Gasteiger partial charge in [0.1, 0.15) is 5.75 Å². The molecule has 0 radical (unpaired) electrons. The summed E-state index contributed by atoms with van der Waals surface area (Å²) in [5.74, 6) is -0.502. The molecule has 0 aromatic heterocycles. The van der Waals surface area contributed by atoms with Crippen molar-refractivity contribution >= 4 is 23.6 Å². The van der Waals surface area contributed by atoms with Gasteiger partial charge in [-0.05, 0) is 54.0 Å². The molecule has 0 aliphatic rings. The highest BCUT2D eigenvalue weighted by molar-refractivity contribution is 6.02. The maximum absolute atomic E-state index is 11.9. The second-order valence-corrected chi connectivity index (χ2v) is 5.13. The Balaban J connectivity index is 2.03. The van der Waals surface area contributed by atoms with Crippen molar-refractivity contribution in [3.8, 4) is 5.75 Å². The maximum atomic E-state index is 11.9. The second-order valence-electron chi connectivity index (χ2n) is 5.13. The number of ether oxygens (including phenoxy) is 1. The van der Waals surface area contributed by atoms with Crippen LogP contribution in [0.1, 0.15) is 28.4 Å². The predicted octanol–water partition coefficient (Wildman–Crippen LogP) is 3.61. The SMILES string of the molecule is CCc1ccc(/C=C/C(=O)Nc2ccc(C(=O)O)cc2)cc1OC. The third-order valence-corrected chi connectivity index (χ3v) is 3.52. The van der Waals surface area contributed by atoms with Crippen LogP contribution in [0.5, 0.6) is 5.75 Å². The van der Waals surface area contributed by atoms with Crippen LogP contribution >= 0.6 is 0 Å². The molecule has 0 unspecified atom stereocenters. The molecule has 0 heterocycles. The molecule has 0 atom stereocenters. The van der Waals surface area contributed by atoms with Crippen molar-refractivity contribution in [2.45, 2.75) is 13.3 Å². The van der Waals surface area contributed by atoms with Crippen LogP contribution in [0.3, 0.4) is 0 Å². The Kier molecular flexibility index (Phi) is 5.73. The topological polar surface area (TPSA) is 75.6 Å². The number of amides is 1. The molecule has 2 aromatic carbocycles. The summed E-state index contributed by atoms with van der Waals surface area (Å²) >= 11 is 0. The van der Waals surface area contributed by atoms with Crippen LogP contribution < -0.4 is 10.1 Å². The summed E-state index contributed by atoms with van der Waals surface area (Å²) < 4.78 is 5.33. The number of aryl methyl sites for hydroxylation is 1. The summed E-state index contributed by atoms with van der Waals surface area (Å²) in [6.07, 6.45) is 3.99. The molecule has 0 bridgehead atoms. The molecule has 124 valence electrons. The number of hydrogen-bond donors (Lipinski definition) is 2. The highest BCUT2D eigenvalue weighted by Crippen LogP contribution is 2.21. The number of benzene rings is 2. The van der Waals surface area contributed by atoms with Crippen molar-refractivity contribution in [1.82, 2.24) is 0 Å². The van der Waals surface area contributed by atoms with Gasteiger partial charge in [0.2, 0.25) is 5.91 Å². The van der Waals surface area contributed by atoms with E-state index in [0.29, 0.717) is 5.69 Å². The average molecular weight is 325 g/mol. The number of carboxylic acid groups (broad SMARTS) is 1. The molecule has 0 aliphatic carbocycles. The maximum Gasteiger partial charge on any atom is 0.335 e. The Morgan fingerprint density at radius 2 is 1.88 bits per heavy atom. The predicted molar refractivity (Wildman–Crippen MR) is 93.4 cm³/mol. The molecule has 2 N–H and O–H groups in total. The van der Waals surface area contributed by atoms with Crippen molar-refractivity contribution in [3.05, 3.63) is 65.2 Å². The van der Waals surface area contributed by atoms with E-state index in [4.69, 9.17) is 9.84 Å². The zero-order valence-corrected chi connectivity index (χ0v) is 13.6. The molecule has 2 rings (SSSR count). The van der Waals surface area contributed by atoms with E-state index in [-0.39, 0.29) is 11.5 Å². The van der Waals surface area contributed by atoms with E-state index in [1.807, 2.05) is 18.2 Å². The van der Waals surface area contributed by atoms with Gasteiger partial charge in [-0.2, -0.15) is 0 Å². The zero-order chi connectivity index (χ0) is 17.5. The lowest BCUT2D eigenvalue weighted by molar-refractivity contribution is -0.111. The standard InChI is InChI=1S/C19H19NO4/c1-3-14-6-4-13(12-17(14)24-2)5-11-18(21)20-16-9-7-15(8-10-16)19(22)23/h4-12H,3H2,1-2H3,(H,20,21)(H,22,23)/b11-5+. The number of anilines is 1. The normalized spacial score (nSPS) is 10.6. The Labute approximate surface area is 140 Å². The third-order valence-electron chi connectivity index (χ3n) is 3.52. The number of hydrogen-bond acceptors (Lipinski definition) is 3. The molecule has 0 fully saturated rings. The van der Waals surface area contributed by atoms with Crippen molar-refractivity contribution in [2.24, 2.45) is 0 Å². The molecule has 0 saturated heterocycles. The van der Waals surface area contributed by atoms with Gasteiger partial charge in [0, 0.05) is 11.8 Å². The van der Waals surface area contributed by atoms with Crippen LogP contribution in [0.25, 0.3) is 6.08 Å². The minimum Gasteiger partial charge on any atom is -0.496 e. The summed E-state index contributed by atoms with van der Waals surface area (Å²) in [7, 11) is 1.62. The number of carboxylic acids is 1. The number of carbonyl (C=O) groups is 2. The fourth-order valence-electron chi connectivity index (χ4n) is 2.21. The smallest absolute Gasteiger partial charge is 0.335 e. The molecule has 0 spiro atoms. The molecule has 1 amide bonds. The molecule has 0 saturated carbocycles. The van der Waals surface area contributed by atoms with Gasteiger partial charge in [0.25, 0.3) is 0 Å². The molecular weight excluding hydrogens is 306 g/mol. The number of carbonyl (C=O) groups excluding carboxylic acids is 1. The van der Waals surface area contributed by atoms with Gasteiger partial charge in [-0.1, -0.05) is 19.1 Å². The minimum absolute atomic E-state index is 0.173. The summed E-state index contributed by atoms with van der Waals surface area (Å²) in [4.78, 5) is 22.7. The lowest BCUT2D eigenvalue weighted by atomic mass is 10.1. The first-order chi connectivity index (χ1) is 11.5. The Morgan fingerprint density at radius 1 is 1.17 bits per heavy atom. The Hall–Kier alpha value is -3.08. The first-order valence-electron chi connectivity index (χ1n) is 7.52. The zero-order valence-electron chi connectivity index (χ0n) is 13.6. The largest absolute Gasteiger partial charge is 0.496 e. The van der Waals surface area contributed by atoms with Crippen LogP contribution in [0.2, 0.25) is 0 Å². The van der Waals surface area contributed by atoms with Gasteiger partial charge < -0.3 is 15.2 Å². The number of methoxy groups -OCH3 is 1. The lowest BCUT2D eigenvalue weighted by Crippen LogP contribution is -2.08. The van der Waals surface area contributed by atoms with Gasteiger partial charge in [-0.15, -0.1) is 0 Å². The van der Waals surface area contributed by atoms with E-state index in [1.54, 1.807) is 25.3 Å². The van der Waals surface area contributed by atoms with Crippen molar-refractivity contribution in [1.29, 1.82) is 0 Å². The van der Waals surface area contributed by atoms with E-state index < -0.39 is 5.97 Å². The van der Waals surface area contributed by atoms with Crippen LogP contribution in [0, 0.1) is 0 Å². The van der Waals surface area contributed by atoms with Crippen LogP contribution in [-0.4, -0.2) is 24.1 Å². The Bertz CT molecular complexity index is 763. The lowest BCUT2D eigenvalue weighted by Gasteiger charge is -2.07. The van der Waals surface area contributed by atoms with Crippen LogP contribution in [-0.2, 0) is 11.2 Å². The van der Waals surface area contributed by atoms with Crippen LogP contribution in [0.4, 0.5) is 5.69 Å². The van der Waals surface area contributed by atoms with Crippen LogP contribution in [0.15, 0.2) is 48.5 Å². The van der Waals surface area contributed by atoms with Gasteiger partial charge in [0.05, 0.1) is 12.7 Å². The molecule has 5 nitrogen and oxygen atoms in total. The van der Waals surface area contributed by atoms with Crippen molar-refractivity contribution < 1.29 is 19.4 Å². The first kappa shape index (κ1) is 17.3. The molecule has 0 aliphatic heterocycles.